The van der Waals surface area contributed by atoms with Gasteiger partial charge in [0.15, 0.2) is 0 Å². The molecule has 0 aliphatic carbocycles. The molecular weight excluding hydrogens is 216 g/mol. The van der Waals surface area contributed by atoms with Crippen LogP contribution in [0.25, 0.3) is 0 Å². The minimum absolute atomic E-state index is 0.0571. The quantitative estimate of drug-likeness (QED) is 0.733. The number of methoxy groups -OCH3 is 1. The third kappa shape index (κ3) is 2.71. The number of carbonyl (C=O) groups excluding carboxylic acids is 1. The first kappa shape index (κ1) is 11.6. The summed E-state index contributed by atoms with van der Waals surface area (Å²) >= 11 is 1.33. The number of H-pyrrole nitrogens is 1. The number of aromatic amines is 1. The normalized spacial score (nSPS) is 9.67. The van der Waals surface area contributed by atoms with Gasteiger partial charge in [-0.1, -0.05) is 0 Å². The molecule has 1 heterocycles. The van der Waals surface area contributed by atoms with Crippen molar-refractivity contribution in [3.05, 3.63) is 5.56 Å². The van der Waals surface area contributed by atoms with Crippen LogP contribution in [-0.2, 0) is 9.53 Å². The fourth-order valence-electron chi connectivity index (χ4n) is 0.974. The van der Waals surface area contributed by atoms with Crippen molar-refractivity contribution in [3.63, 3.8) is 0 Å². The lowest BCUT2D eigenvalue weighted by molar-refractivity contribution is -0.119. The van der Waals surface area contributed by atoms with Crippen LogP contribution in [-0.4, -0.2) is 36.1 Å². The van der Waals surface area contributed by atoms with Crippen molar-refractivity contribution in [3.8, 4) is 6.07 Å². The van der Waals surface area contributed by atoms with Gasteiger partial charge in [-0.2, -0.15) is 10.4 Å². The second-order valence-corrected chi connectivity index (χ2v) is 3.37. The van der Waals surface area contributed by atoms with Gasteiger partial charge in [0.1, 0.15) is 29.1 Å². The van der Waals surface area contributed by atoms with Crippen molar-refractivity contribution < 1.29 is 9.53 Å². The highest BCUT2D eigenvalue weighted by Gasteiger charge is 2.13. The van der Waals surface area contributed by atoms with Crippen molar-refractivity contribution in [2.45, 2.75) is 5.03 Å². The average Bonchev–Trinajstić information content (AvgIpc) is 2.60. The lowest BCUT2D eigenvalue weighted by Gasteiger charge is -2.00. The molecule has 0 atom stereocenters. The van der Waals surface area contributed by atoms with Gasteiger partial charge < -0.3 is 10.1 Å². The summed E-state index contributed by atoms with van der Waals surface area (Å²) in [4.78, 5) is 11.2. The highest BCUT2D eigenvalue weighted by Crippen LogP contribution is 2.22. The van der Waals surface area contributed by atoms with Crippen molar-refractivity contribution in [1.29, 1.82) is 5.26 Å². The summed E-state index contributed by atoms with van der Waals surface area (Å²) < 4.78 is 4.65. The van der Waals surface area contributed by atoms with Crippen LogP contribution in [0.15, 0.2) is 5.03 Å². The van der Waals surface area contributed by atoms with Crippen molar-refractivity contribution in [2.24, 2.45) is 0 Å². The van der Waals surface area contributed by atoms with E-state index >= 15 is 0 Å². The summed E-state index contributed by atoms with van der Waals surface area (Å²) in [7, 11) is 1.42. The lowest BCUT2D eigenvalue weighted by atomic mass is 10.3. The first-order chi connectivity index (χ1) is 7.22. The number of nitrogens with one attached hydrogen (secondary N) is 2. The van der Waals surface area contributed by atoms with Gasteiger partial charge in [-0.15, -0.1) is 11.8 Å². The molecule has 80 valence electrons. The van der Waals surface area contributed by atoms with E-state index < -0.39 is 0 Å². The Kier molecular flexibility index (Phi) is 4.15. The SMILES string of the molecule is COCC(=O)Nc1[nH]nc(SC)c1C#N. The number of carbonyl (C=O) groups is 1. The predicted octanol–water partition coefficient (Wildman–Crippen LogP) is 0.588. The summed E-state index contributed by atoms with van der Waals surface area (Å²) in [6, 6.07) is 1.97. The molecule has 1 rings (SSSR count). The second-order valence-electron chi connectivity index (χ2n) is 2.58. The van der Waals surface area contributed by atoms with E-state index in [1.165, 1.54) is 18.9 Å². The largest absolute Gasteiger partial charge is 0.375 e. The van der Waals surface area contributed by atoms with Gasteiger partial charge >= 0.3 is 0 Å². The maximum Gasteiger partial charge on any atom is 0.251 e. The Morgan fingerprint density at radius 2 is 2.53 bits per heavy atom. The number of nitriles is 1. The number of hydrogen-bond donors (Lipinski definition) is 2. The van der Waals surface area contributed by atoms with E-state index in [9.17, 15) is 4.79 Å². The molecule has 0 aliphatic heterocycles. The Labute approximate surface area is 91.0 Å². The van der Waals surface area contributed by atoms with Crippen LogP contribution in [0.1, 0.15) is 5.56 Å². The molecule has 0 aromatic carbocycles. The number of amides is 1. The third-order valence-electron chi connectivity index (χ3n) is 1.58. The zero-order chi connectivity index (χ0) is 11.3. The molecule has 1 aromatic rings. The van der Waals surface area contributed by atoms with E-state index in [0.29, 0.717) is 16.4 Å². The molecule has 0 bridgehead atoms. The van der Waals surface area contributed by atoms with Gasteiger partial charge in [0.25, 0.3) is 5.91 Å². The molecule has 15 heavy (non-hydrogen) atoms. The Morgan fingerprint density at radius 3 is 3.07 bits per heavy atom. The average molecular weight is 226 g/mol. The van der Waals surface area contributed by atoms with Crippen LogP contribution < -0.4 is 5.32 Å². The highest BCUT2D eigenvalue weighted by molar-refractivity contribution is 7.98. The molecule has 0 spiro atoms. The molecule has 2 N–H and O–H groups in total. The molecule has 0 saturated carbocycles. The van der Waals surface area contributed by atoms with Gasteiger partial charge in [0.2, 0.25) is 0 Å². The Bertz CT molecular complexity index is 396. The van der Waals surface area contributed by atoms with E-state index in [0.717, 1.165) is 0 Å². The molecule has 1 aromatic heterocycles. The minimum atomic E-state index is -0.328. The third-order valence-corrected chi connectivity index (χ3v) is 2.26. The van der Waals surface area contributed by atoms with Crippen LogP contribution >= 0.6 is 11.8 Å². The van der Waals surface area contributed by atoms with E-state index in [1.54, 1.807) is 6.26 Å². The number of rotatable bonds is 4. The smallest absolute Gasteiger partial charge is 0.251 e. The zero-order valence-electron chi connectivity index (χ0n) is 8.33. The number of hydrogen-bond acceptors (Lipinski definition) is 5. The van der Waals surface area contributed by atoms with E-state index in [1.807, 2.05) is 6.07 Å². The van der Waals surface area contributed by atoms with Crippen molar-refractivity contribution in [1.82, 2.24) is 10.2 Å². The molecule has 0 unspecified atom stereocenters. The minimum Gasteiger partial charge on any atom is -0.375 e. The monoisotopic (exact) mass is 226 g/mol. The second kappa shape index (κ2) is 5.38. The number of anilines is 1. The molecule has 7 heteroatoms. The zero-order valence-corrected chi connectivity index (χ0v) is 9.14. The van der Waals surface area contributed by atoms with Crippen LogP contribution in [0.4, 0.5) is 5.82 Å². The van der Waals surface area contributed by atoms with Crippen LogP contribution in [0.5, 0.6) is 0 Å². The molecule has 0 fully saturated rings. The van der Waals surface area contributed by atoms with Gasteiger partial charge in [0.05, 0.1) is 0 Å². The Balaban J connectivity index is 2.82. The Hall–Kier alpha value is -1.52. The van der Waals surface area contributed by atoms with Gasteiger partial charge in [-0.25, -0.2) is 0 Å². The summed E-state index contributed by atoms with van der Waals surface area (Å²) in [5.41, 5.74) is 0.340. The predicted molar refractivity (Wildman–Crippen MR) is 55.6 cm³/mol. The van der Waals surface area contributed by atoms with Crippen LogP contribution in [0.3, 0.4) is 0 Å². The number of aromatic nitrogens is 2. The van der Waals surface area contributed by atoms with Gasteiger partial charge in [-0.05, 0) is 6.26 Å². The molecule has 6 nitrogen and oxygen atoms in total. The first-order valence-corrected chi connectivity index (χ1v) is 5.26. The number of ether oxygens (including phenoxy) is 1. The molecule has 1 amide bonds. The van der Waals surface area contributed by atoms with Crippen LogP contribution in [0.2, 0.25) is 0 Å². The van der Waals surface area contributed by atoms with E-state index in [4.69, 9.17) is 5.26 Å². The highest BCUT2D eigenvalue weighted by atomic mass is 32.2. The van der Waals surface area contributed by atoms with E-state index in [2.05, 4.69) is 20.3 Å². The topological polar surface area (TPSA) is 90.8 Å². The van der Waals surface area contributed by atoms with Gasteiger partial charge in [-0.3, -0.25) is 9.89 Å². The molecule has 0 aliphatic rings. The maximum absolute atomic E-state index is 11.2. The maximum atomic E-state index is 11.2. The Morgan fingerprint density at radius 1 is 1.80 bits per heavy atom. The van der Waals surface area contributed by atoms with Crippen molar-refractivity contribution >= 4 is 23.5 Å². The van der Waals surface area contributed by atoms with Gasteiger partial charge in [0, 0.05) is 7.11 Å². The lowest BCUT2D eigenvalue weighted by Crippen LogP contribution is -2.17. The fourth-order valence-corrected chi connectivity index (χ4v) is 1.46. The summed E-state index contributed by atoms with van der Waals surface area (Å²) in [6.45, 7) is -0.0571. The summed E-state index contributed by atoms with van der Waals surface area (Å²) in [5, 5.41) is 18.4. The number of thioether (sulfide) groups is 1. The summed E-state index contributed by atoms with van der Waals surface area (Å²) in [5.74, 6) is -0.0193. The fraction of sp³-hybridized carbons (Fsp3) is 0.375. The number of nitrogens with zero attached hydrogens (tertiary/aromatic N) is 2. The molecule has 0 radical (unpaired) electrons. The molecular formula is C8H10N4O2S. The summed E-state index contributed by atoms with van der Waals surface area (Å²) in [6.07, 6.45) is 1.80. The van der Waals surface area contributed by atoms with E-state index in [-0.39, 0.29) is 12.5 Å². The van der Waals surface area contributed by atoms with Crippen LogP contribution in [0, 0.1) is 11.3 Å². The van der Waals surface area contributed by atoms with Crippen molar-refractivity contribution in [2.75, 3.05) is 25.3 Å². The molecule has 0 saturated heterocycles. The standard InChI is InChI=1S/C8H10N4O2S/c1-14-4-6(13)10-7-5(3-9)8(15-2)12-11-7/h4H2,1-2H3,(H2,10,11,12,13). The first-order valence-electron chi connectivity index (χ1n) is 4.04.